The lowest BCUT2D eigenvalue weighted by atomic mass is 10.00. The minimum atomic E-state index is -4.24. The molecule has 0 spiro atoms. The second-order valence-electron chi connectivity index (χ2n) is 3.87. The molecule has 0 bridgehead atoms. The van der Waals surface area contributed by atoms with Crippen LogP contribution in [0.3, 0.4) is 0 Å². The van der Waals surface area contributed by atoms with Gasteiger partial charge in [0.25, 0.3) is 0 Å². The smallest absolute Gasteiger partial charge is 0.374 e. The second kappa shape index (κ2) is 3.43. The number of halogens is 3. The molecule has 0 saturated heterocycles. The van der Waals surface area contributed by atoms with Crippen LogP contribution in [-0.4, -0.2) is 13.6 Å². The van der Waals surface area contributed by atoms with Gasteiger partial charge in [-0.3, -0.25) is 0 Å². The Labute approximate surface area is 86.5 Å². The zero-order chi connectivity index (χ0) is 11.1. The topological polar surface area (TPSA) is 3.24 Å². The minimum absolute atomic E-state index is 0.560. The lowest BCUT2D eigenvalue weighted by Gasteiger charge is -2.28. The van der Waals surface area contributed by atoms with Crippen molar-refractivity contribution in [2.24, 2.45) is 0 Å². The van der Waals surface area contributed by atoms with Crippen molar-refractivity contribution < 1.29 is 13.2 Å². The first kappa shape index (κ1) is 10.3. The first-order chi connectivity index (χ1) is 6.98. The first-order valence-electron chi connectivity index (χ1n) is 4.90. The minimum Gasteiger partial charge on any atom is -0.374 e. The summed E-state index contributed by atoms with van der Waals surface area (Å²) in [4.78, 5) is 1.88. The number of aryl methyl sites for hydroxylation is 1. The highest BCUT2D eigenvalue weighted by molar-refractivity contribution is 5.57. The fraction of sp³-hybridized carbons (Fsp3) is 0.455. The molecule has 2 rings (SSSR count). The monoisotopic (exact) mass is 215 g/mol. The van der Waals surface area contributed by atoms with Crippen LogP contribution < -0.4 is 4.90 Å². The van der Waals surface area contributed by atoms with Gasteiger partial charge in [0.15, 0.2) is 0 Å². The van der Waals surface area contributed by atoms with Crippen LogP contribution in [-0.2, 0) is 12.6 Å². The van der Waals surface area contributed by atoms with Gasteiger partial charge in [-0.1, -0.05) is 6.07 Å². The summed E-state index contributed by atoms with van der Waals surface area (Å²) in [5.41, 5.74) is 1.17. The summed E-state index contributed by atoms with van der Waals surface area (Å²) in [6.07, 6.45) is -2.36. The van der Waals surface area contributed by atoms with E-state index in [0.29, 0.717) is 0 Å². The third-order valence-corrected chi connectivity index (χ3v) is 2.76. The maximum absolute atomic E-state index is 12.5. The molecule has 0 saturated carbocycles. The van der Waals surface area contributed by atoms with Crippen molar-refractivity contribution in [1.29, 1.82) is 0 Å². The van der Waals surface area contributed by atoms with Crippen molar-refractivity contribution >= 4 is 5.69 Å². The molecule has 1 aliphatic rings. The molecule has 0 unspecified atom stereocenters. The molecule has 0 aliphatic carbocycles. The normalized spacial score (nSPS) is 16.4. The number of benzene rings is 1. The van der Waals surface area contributed by atoms with Gasteiger partial charge in [-0.2, -0.15) is 13.2 Å². The van der Waals surface area contributed by atoms with E-state index in [4.69, 9.17) is 0 Å². The Morgan fingerprint density at radius 3 is 2.67 bits per heavy atom. The van der Waals surface area contributed by atoms with Gasteiger partial charge in [-0.25, -0.2) is 0 Å². The average Bonchev–Trinajstić information content (AvgIpc) is 2.16. The summed E-state index contributed by atoms with van der Waals surface area (Å²) in [7, 11) is 1.83. The predicted octanol–water partition coefficient (Wildman–Crippen LogP) is 3.09. The summed E-state index contributed by atoms with van der Waals surface area (Å²) in [6, 6.07) is 4.00. The third kappa shape index (κ3) is 1.94. The highest BCUT2D eigenvalue weighted by Gasteiger charge is 2.31. The molecular formula is C11H12F3N. The molecule has 1 nitrogen and oxygen atoms in total. The summed E-state index contributed by atoms with van der Waals surface area (Å²) < 4.78 is 37.4. The number of hydrogen-bond donors (Lipinski definition) is 0. The van der Waals surface area contributed by atoms with Crippen LogP contribution in [0, 0.1) is 0 Å². The van der Waals surface area contributed by atoms with Crippen molar-refractivity contribution in [3.8, 4) is 0 Å². The van der Waals surface area contributed by atoms with E-state index in [0.717, 1.165) is 36.7 Å². The van der Waals surface area contributed by atoms with Crippen molar-refractivity contribution in [2.45, 2.75) is 19.0 Å². The summed E-state index contributed by atoms with van der Waals surface area (Å²) in [5, 5.41) is 0. The Balaban J connectivity index is 2.44. The van der Waals surface area contributed by atoms with Crippen molar-refractivity contribution in [3.05, 3.63) is 29.3 Å². The summed E-state index contributed by atoms with van der Waals surface area (Å²) in [6.45, 7) is 0.828. The lowest BCUT2D eigenvalue weighted by molar-refractivity contribution is -0.137. The molecule has 0 atom stereocenters. The predicted molar refractivity (Wildman–Crippen MR) is 53.0 cm³/mol. The van der Waals surface area contributed by atoms with E-state index in [1.807, 2.05) is 11.9 Å². The third-order valence-electron chi connectivity index (χ3n) is 2.76. The number of nitrogens with zero attached hydrogens (tertiary/aromatic N) is 1. The molecule has 1 aliphatic heterocycles. The zero-order valence-electron chi connectivity index (χ0n) is 8.43. The van der Waals surface area contributed by atoms with Gasteiger partial charge >= 0.3 is 6.18 Å². The Bertz CT molecular complexity index is 371. The molecule has 0 aromatic heterocycles. The van der Waals surface area contributed by atoms with E-state index < -0.39 is 11.7 Å². The van der Waals surface area contributed by atoms with Crippen LogP contribution in [0.1, 0.15) is 17.5 Å². The molecule has 0 radical (unpaired) electrons. The highest BCUT2D eigenvalue weighted by atomic mass is 19.4. The Hall–Kier alpha value is -1.19. The van der Waals surface area contributed by atoms with Gasteiger partial charge in [-0.05, 0) is 30.5 Å². The molecule has 15 heavy (non-hydrogen) atoms. The molecule has 1 aromatic carbocycles. The van der Waals surface area contributed by atoms with Crippen LogP contribution in [0.2, 0.25) is 0 Å². The van der Waals surface area contributed by atoms with E-state index in [2.05, 4.69) is 0 Å². The SMILES string of the molecule is CN1CCCc2ccc(C(F)(F)F)cc21. The fourth-order valence-electron chi connectivity index (χ4n) is 1.93. The number of anilines is 1. The van der Waals surface area contributed by atoms with Gasteiger partial charge in [0.2, 0.25) is 0 Å². The quantitative estimate of drug-likeness (QED) is 0.642. The molecule has 0 amide bonds. The number of alkyl halides is 3. The van der Waals surface area contributed by atoms with Gasteiger partial charge in [0.05, 0.1) is 5.56 Å². The van der Waals surface area contributed by atoms with Crippen LogP contribution in [0.5, 0.6) is 0 Å². The second-order valence-corrected chi connectivity index (χ2v) is 3.87. The van der Waals surface area contributed by atoms with E-state index in [-0.39, 0.29) is 0 Å². The molecule has 0 fully saturated rings. The number of hydrogen-bond acceptors (Lipinski definition) is 1. The van der Waals surface area contributed by atoms with Gasteiger partial charge < -0.3 is 4.90 Å². The van der Waals surface area contributed by atoms with E-state index in [1.54, 1.807) is 6.07 Å². The number of rotatable bonds is 0. The molecule has 82 valence electrons. The van der Waals surface area contributed by atoms with Gasteiger partial charge in [0.1, 0.15) is 0 Å². The average molecular weight is 215 g/mol. The Morgan fingerprint density at radius 2 is 2.00 bits per heavy atom. The van der Waals surface area contributed by atoms with Crippen molar-refractivity contribution in [1.82, 2.24) is 0 Å². The maximum atomic E-state index is 12.5. The molecule has 1 heterocycles. The molecular weight excluding hydrogens is 203 g/mol. The van der Waals surface area contributed by atoms with Crippen LogP contribution >= 0.6 is 0 Å². The molecule has 1 aromatic rings. The van der Waals surface area contributed by atoms with Crippen LogP contribution in [0.15, 0.2) is 18.2 Å². The lowest BCUT2D eigenvalue weighted by Crippen LogP contribution is -2.25. The summed E-state index contributed by atoms with van der Waals surface area (Å²) in [5.74, 6) is 0. The maximum Gasteiger partial charge on any atom is 0.416 e. The largest absolute Gasteiger partial charge is 0.416 e. The van der Waals surface area contributed by atoms with E-state index >= 15 is 0 Å². The van der Waals surface area contributed by atoms with Crippen molar-refractivity contribution in [3.63, 3.8) is 0 Å². The highest BCUT2D eigenvalue weighted by Crippen LogP contribution is 2.34. The molecule has 4 heteroatoms. The van der Waals surface area contributed by atoms with E-state index in [9.17, 15) is 13.2 Å². The first-order valence-corrected chi connectivity index (χ1v) is 4.90. The van der Waals surface area contributed by atoms with E-state index in [1.165, 1.54) is 6.07 Å². The van der Waals surface area contributed by atoms with Crippen molar-refractivity contribution in [2.75, 3.05) is 18.5 Å². The number of fused-ring (bicyclic) bond motifs is 1. The van der Waals surface area contributed by atoms with Crippen LogP contribution in [0.25, 0.3) is 0 Å². The van der Waals surface area contributed by atoms with Gasteiger partial charge in [-0.15, -0.1) is 0 Å². The van der Waals surface area contributed by atoms with Crippen LogP contribution in [0.4, 0.5) is 18.9 Å². The Morgan fingerprint density at radius 1 is 1.27 bits per heavy atom. The fourth-order valence-corrected chi connectivity index (χ4v) is 1.93. The standard InChI is InChI=1S/C11H12F3N/c1-15-6-2-3-8-4-5-9(7-10(8)15)11(12,13)14/h4-5,7H,2-3,6H2,1H3. The Kier molecular flexibility index (Phi) is 2.37. The van der Waals surface area contributed by atoms with Gasteiger partial charge in [0, 0.05) is 19.3 Å². The summed E-state index contributed by atoms with van der Waals surface area (Å²) >= 11 is 0. The zero-order valence-corrected chi connectivity index (χ0v) is 8.43. The molecule has 0 N–H and O–H groups in total.